The Labute approximate surface area is 128 Å². The van der Waals surface area contributed by atoms with Gasteiger partial charge in [-0.1, -0.05) is 0 Å². The molecule has 0 bridgehead atoms. The van der Waals surface area contributed by atoms with Crippen LogP contribution in [-0.4, -0.2) is 49.2 Å². The minimum Gasteiger partial charge on any atom is -0.480 e. The third-order valence-corrected chi connectivity index (χ3v) is 3.78. The second-order valence-electron chi connectivity index (χ2n) is 5.57. The Morgan fingerprint density at radius 2 is 2.00 bits per heavy atom. The molecule has 0 radical (unpaired) electrons. The molecular weight excluding hydrogens is 284 g/mol. The number of aryl methyl sites for hydroxylation is 1. The first-order valence-corrected chi connectivity index (χ1v) is 6.72. The summed E-state index contributed by atoms with van der Waals surface area (Å²) in [5, 5.41) is 13.3. The summed E-state index contributed by atoms with van der Waals surface area (Å²) in [5.41, 5.74) is 0.806. The van der Waals surface area contributed by atoms with Crippen LogP contribution >= 0.6 is 0 Å². The van der Waals surface area contributed by atoms with Crippen molar-refractivity contribution in [2.24, 2.45) is 0 Å². The van der Waals surface area contributed by atoms with Crippen LogP contribution in [0.3, 0.4) is 0 Å². The van der Waals surface area contributed by atoms with Crippen molar-refractivity contribution < 1.29 is 14.7 Å². The minimum absolute atomic E-state index is 0.347. The van der Waals surface area contributed by atoms with Crippen LogP contribution in [0.4, 0.5) is 0 Å². The first-order chi connectivity index (χ1) is 10.2. The lowest BCUT2D eigenvalue weighted by atomic mass is 10.0. The van der Waals surface area contributed by atoms with Gasteiger partial charge in [-0.2, -0.15) is 5.10 Å². The minimum atomic E-state index is -1.28. The van der Waals surface area contributed by atoms with Gasteiger partial charge in [-0.15, -0.1) is 0 Å². The van der Waals surface area contributed by atoms with Crippen LogP contribution in [-0.2, 0) is 4.79 Å². The number of carbonyl (C=O) groups is 2. The summed E-state index contributed by atoms with van der Waals surface area (Å²) in [6.07, 6.45) is 3.01. The Morgan fingerprint density at radius 1 is 1.32 bits per heavy atom. The summed E-state index contributed by atoms with van der Waals surface area (Å²) in [6, 6.07) is 5.13. The number of carboxylic acids is 1. The van der Waals surface area contributed by atoms with E-state index in [1.165, 1.54) is 32.1 Å². The van der Waals surface area contributed by atoms with Crippen LogP contribution in [0.15, 0.2) is 30.9 Å². The second-order valence-corrected chi connectivity index (χ2v) is 5.57. The number of hydrogen-bond donors (Lipinski definition) is 1. The molecule has 1 N–H and O–H groups in total. The molecule has 1 heterocycles. The van der Waals surface area contributed by atoms with Crippen molar-refractivity contribution in [1.29, 1.82) is 0 Å². The Bertz CT molecular complexity index is 708. The molecule has 0 saturated carbocycles. The van der Waals surface area contributed by atoms with E-state index in [-0.39, 0.29) is 5.91 Å². The average Bonchev–Trinajstić information content (AvgIpc) is 2.99. The van der Waals surface area contributed by atoms with Crippen molar-refractivity contribution in [3.05, 3.63) is 42.0 Å². The van der Waals surface area contributed by atoms with E-state index in [0.717, 1.165) is 11.3 Å². The highest BCUT2D eigenvalue weighted by Crippen LogP contribution is 2.19. The number of aromatic nitrogens is 3. The van der Waals surface area contributed by atoms with E-state index >= 15 is 0 Å². The Morgan fingerprint density at radius 3 is 2.50 bits per heavy atom. The number of carboxylic acid groups (broad SMARTS) is 1. The maximum atomic E-state index is 12.5. The summed E-state index contributed by atoms with van der Waals surface area (Å²) in [4.78, 5) is 28.8. The number of aliphatic carboxylic acids is 1. The molecular formula is C15H18N4O3. The number of amides is 1. The van der Waals surface area contributed by atoms with E-state index < -0.39 is 11.5 Å². The third-order valence-electron chi connectivity index (χ3n) is 3.78. The monoisotopic (exact) mass is 302 g/mol. The molecule has 7 nitrogen and oxygen atoms in total. The van der Waals surface area contributed by atoms with Gasteiger partial charge in [-0.25, -0.2) is 14.5 Å². The fraction of sp³-hybridized carbons (Fsp3) is 0.333. The third kappa shape index (κ3) is 2.69. The molecule has 7 heteroatoms. The molecule has 2 aromatic rings. The highest BCUT2D eigenvalue weighted by molar-refractivity contribution is 5.97. The molecule has 0 aliphatic heterocycles. The van der Waals surface area contributed by atoms with E-state index in [1.54, 1.807) is 29.2 Å². The van der Waals surface area contributed by atoms with Gasteiger partial charge < -0.3 is 10.0 Å². The molecule has 0 atom stereocenters. The lowest BCUT2D eigenvalue weighted by molar-refractivity contribution is -0.147. The van der Waals surface area contributed by atoms with Gasteiger partial charge in [0.25, 0.3) is 5.91 Å². The van der Waals surface area contributed by atoms with Crippen LogP contribution in [0.2, 0.25) is 0 Å². The predicted octanol–water partition coefficient (Wildman–Crippen LogP) is 1.51. The number of rotatable bonds is 4. The molecule has 1 aromatic heterocycles. The van der Waals surface area contributed by atoms with Crippen LogP contribution in [0.25, 0.3) is 5.69 Å². The zero-order valence-corrected chi connectivity index (χ0v) is 12.9. The number of hydrogen-bond acceptors (Lipinski definition) is 4. The molecule has 2 rings (SSSR count). The molecule has 1 aromatic carbocycles. The Kier molecular flexibility index (Phi) is 3.99. The first kappa shape index (κ1) is 15.7. The predicted molar refractivity (Wildman–Crippen MR) is 79.9 cm³/mol. The molecule has 116 valence electrons. The van der Waals surface area contributed by atoms with Crippen LogP contribution in [0.5, 0.6) is 0 Å². The van der Waals surface area contributed by atoms with Gasteiger partial charge in [0, 0.05) is 12.6 Å². The normalized spacial score (nSPS) is 11.3. The van der Waals surface area contributed by atoms with Crippen LogP contribution < -0.4 is 0 Å². The Hall–Kier alpha value is -2.70. The second kappa shape index (κ2) is 5.59. The van der Waals surface area contributed by atoms with Crippen molar-refractivity contribution >= 4 is 11.9 Å². The maximum absolute atomic E-state index is 12.5. The topological polar surface area (TPSA) is 88.3 Å². The standard InChI is InChI=1S/C15H18N4O3/c1-10-7-11(5-6-12(10)19-9-16-8-17-19)13(20)18(4)15(2,3)14(21)22/h5-9H,1-4H3,(H,21,22). The summed E-state index contributed by atoms with van der Waals surface area (Å²) >= 11 is 0. The quantitative estimate of drug-likeness (QED) is 0.925. The van der Waals surface area contributed by atoms with Crippen molar-refractivity contribution in [1.82, 2.24) is 19.7 Å². The summed E-state index contributed by atoms with van der Waals surface area (Å²) in [5.74, 6) is -1.40. The van der Waals surface area contributed by atoms with Gasteiger partial charge in [0.05, 0.1) is 5.69 Å². The largest absolute Gasteiger partial charge is 0.480 e. The van der Waals surface area contributed by atoms with Crippen molar-refractivity contribution in [2.75, 3.05) is 7.05 Å². The van der Waals surface area contributed by atoms with E-state index in [2.05, 4.69) is 10.1 Å². The SMILES string of the molecule is Cc1cc(C(=O)N(C)C(C)(C)C(=O)O)ccc1-n1cncn1. The van der Waals surface area contributed by atoms with Crippen LogP contribution in [0.1, 0.15) is 29.8 Å². The maximum Gasteiger partial charge on any atom is 0.329 e. The highest BCUT2D eigenvalue weighted by atomic mass is 16.4. The van der Waals surface area contributed by atoms with E-state index in [1.807, 2.05) is 6.92 Å². The average molecular weight is 302 g/mol. The number of carbonyl (C=O) groups excluding carboxylic acids is 1. The summed E-state index contributed by atoms with van der Waals surface area (Å²) in [6.45, 7) is 4.84. The van der Waals surface area contributed by atoms with Gasteiger partial charge >= 0.3 is 5.97 Å². The fourth-order valence-corrected chi connectivity index (χ4v) is 1.97. The van der Waals surface area contributed by atoms with Gasteiger partial charge in [-0.05, 0) is 44.5 Å². The van der Waals surface area contributed by atoms with Crippen molar-refractivity contribution in [3.8, 4) is 5.69 Å². The van der Waals surface area contributed by atoms with Crippen LogP contribution in [0, 0.1) is 6.92 Å². The number of nitrogens with zero attached hydrogens (tertiary/aromatic N) is 4. The zero-order valence-electron chi connectivity index (χ0n) is 12.9. The van der Waals surface area contributed by atoms with E-state index in [4.69, 9.17) is 0 Å². The molecule has 0 spiro atoms. The van der Waals surface area contributed by atoms with E-state index in [9.17, 15) is 14.7 Å². The van der Waals surface area contributed by atoms with Gasteiger partial charge in [0.2, 0.25) is 0 Å². The van der Waals surface area contributed by atoms with Crippen molar-refractivity contribution in [3.63, 3.8) is 0 Å². The first-order valence-electron chi connectivity index (χ1n) is 6.72. The molecule has 0 aliphatic rings. The molecule has 0 fully saturated rings. The van der Waals surface area contributed by atoms with E-state index in [0.29, 0.717) is 5.56 Å². The van der Waals surface area contributed by atoms with Crippen molar-refractivity contribution in [2.45, 2.75) is 26.3 Å². The zero-order chi connectivity index (χ0) is 16.5. The molecule has 0 unspecified atom stereocenters. The molecule has 22 heavy (non-hydrogen) atoms. The molecule has 0 aliphatic carbocycles. The highest BCUT2D eigenvalue weighted by Gasteiger charge is 2.35. The van der Waals surface area contributed by atoms with Gasteiger partial charge in [-0.3, -0.25) is 4.79 Å². The van der Waals surface area contributed by atoms with Gasteiger partial charge in [0.1, 0.15) is 18.2 Å². The fourth-order valence-electron chi connectivity index (χ4n) is 1.97. The molecule has 1 amide bonds. The number of benzene rings is 1. The van der Waals surface area contributed by atoms with Gasteiger partial charge in [0.15, 0.2) is 0 Å². The lowest BCUT2D eigenvalue weighted by Crippen LogP contribution is -2.50. The summed E-state index contributed by atoms with van der Waals surface area (Å²) in [7, 11) is 1.48. The molecule has 0 saturated heterocycles. The Balaban J connectivity index is 2.32. The summed E-state index contributed by atoms with van der Waals surface area (Å²) < 4.78 is 1.61. The number of likely N-dealkylation sites (N-methyl/N-ethyl adjacent to an activating group) is 1. The smallest absolute Gasteiger partial charge is 0.329 e. The lowest BCUT2D eigenvalue weighted by Gasteiger charge is -2.31.